The summed E-state index contributed by atoms with van der Waals surface area (Å²) < 4.78 is 1.52. The van der Waals surface area contributed by atoms with Gasteiger partial charge in [0.2, 0.25) is 0 Å². The van der Waals surface area contributed by atoms with Crippen molar-refractivity contribution in [2.45, 2.75) is 13.5 Å². The molecule has 0 aromatic carbocycles. The van der Waals surface area contributed by atoms with E-state index >= 15 is 0 Å². The van der Waals surface area contributed by atoms with Crippen LogP contribution >= 0.6 is 11.3 Å². The normalized spacial score (nSPS) is 9.20. The molecule has 0 saturated heterocycles. The van der Waals surface area contributed by atoms with Crippen molar-refractivity contribution >= 4 is 11.3 Å². The van der Waals surface area contributed by atoms with Gasteiger partial charge in [-0.05, 0) is 6.92 Å². The van der Waals surface area contributed by atoms with Crippen LogP contribution in [0.3, 0.4) is 0 Å². The summed E-state index contributed by atoms with van der Waals surface area (Å²) in [5.41, 5.74) is 0.813. The minimum Gasteiger partial charge on any atom is -0.291 e. The molecular weight excluding hydrogens is 146 g/mol. The quantitative estimate of drug-likeness (QED) is 0.542. The highest BCUT2D eigenvalue weighted by Gasteiger charge is 1.98. The summed E-state index contributed by atoms with van der Waals surface area (Å²) in [6.07, 6.45) is 5.04. The van der Waals surface area contributed by atoms with Gasteiger partial charge in [0, 0.05) is 5.69 Å². The number of terminal acetylenes is 1. The third kappa shape index (κ3) is 1.12. The monoisotopic (exact) mass is 152 g/mol. The molecule has 3 heteroatoms. The summed E-state index contributed by atoms with van der Waals surface area (Å²) >= 11 is 1.06. The van der Waals surface area contributed by atoms with Crippen molar-refractivity contribution in [3.05, 3.63) is 20.7 Å². The second-order valence-electron chi connectivity index (χ2n) is 1.85. The van der Waals surface area contributed by atoms with Gasteiger partial charge in [0.1, 0.15) is 0 Å². The molecule has 51 valence electrons. The minimum absolute atomic E-state index is 0.0320. The lowest BCUT2D eigenvalue weighted by Crippen LogP contribution is -2.13. The van der Waals surface area contributed by atoms with Gasteiger partial charge < -0.3 is 0 Å². The molecule has 0 amide bonds. The Labute approximate surface area is 63.1 Å². The maximum Gasteiger partial charge on any atom is 0.308 e. The van der Waals surface area contributed by atoms with Crippen molar-refractivity contribution in [1.29, 1.82) is 0 Å². The molecule has 0 N–H and O–H groups in total. The maximum atomic E-state index is 10.9. The van der Waals surface area contributed by atoms with Crippen LogP contribution in [-0.2, 0) is 6.54 Å². The summed E-state index contributed by atoms with van der Waals surface area (Å²) in [4.78, 5) is 10.9. The number of hydrogen-bond acceptors (Lipinski definition) is 2. The number of nitrogens with zero attached hydrogens (tertiary/aromatic N) is 1. The predicted molar refractivity (Wildman–Crippen MR) is 41.0 cm³/mol. The molecule has 10 heavy (non-hydrogen) atoms. The smallest absolute Gasteiger partial charge is 0.291 e. The summed E-state index contributed by atoms with van der Waals surface area (Å²) in [6, 6.07) is 0. The summed E-state index contributed by atoms with van der Waals surface area (Å²) in [6.45, 7) is 2.17. The summed E-state index contributed by atoms with van der Waals surface area (Å²) in [7, 11) is 0. The zero-order valence-corrected chi connectivity index (χ0v) is 6.36. The summed E-state index contributed by atoms with van der Waals surface area (Å²) in [5.74, 6) is 2.40. The van der Waals surface area contributed by atoms with E-state index in [1.165, 1.54) is 4.57 Å². The second-order valence-corrected chi connectivity index (χ2v) is 2.60. The molecule has 0 atom stereocenters. The Balaban J connectivity index is 3.13. The van der Waals surface area contributed by atoms with Gasteiger partial charge in [-0.25, -0.2) is 0 Å². The number of aryl methyl sites for hydroxylation is 1. The molecule has 1 rings (SSSR count). The van der Waals surface area contributed by atoms with E-state index in [1.807, 2.05) is 6.92 Å². The van der Waals surface area contributed by atoms with Crippen LogP contribution in [-0.4, -0.2) is 4.57 Å². The van der Waals surface area contributed by atoms with Crippen LogP contribution in [0.2, 0.25) is 0 Å². The van der Waals surface area contributed by atoms with Crippen molar-refractivity contribution < 1.29 is 0 Å². The average molecular weight is 152 g/mol. The molecule has 2 nitrogen and oxygen atoms in total. The van der Waals surface area contributed by atoms with Crippen molar-refractivity contribution in [2.24, 2.45) is 0 Å². The lowest BCUT2D eigenvalue weighted by Gasteiger charge is -1.94. The number of aromatic nitrogens is 1. The van der Waals surface area contributed by atoms with Crippen molar-refractivity contribution in [1.82, 2.24) is 4.57 Å². The zero-order chi connectivity index (χ0) is 7.56. The zero-order valence-electron chi connectivity index (χ0n) is 5.55. The highest BCUT2D eigenvalue weighted by molar-refractivity contribution is 7.06. The van der Waals surface area contributed by atoms with E-state index in [0.29, 0.717) is 6.54 Å². The molecule has 0 bridgehead atoms. The third-order valence-corrected chi connectivity index (χ3v) is 1.95. The van der Waals surface area contributed by atoms with Gasteiger partial charge in [0.25, 0.3) is 0 Å². The molecule has 0 aliphatic carbocycles. The molecule has 0 fully saturated rings. The fourth-order valence-corrected chi connectivity index (χ4v) is 1.30. The number of thiazole rings is 1. The molecule has 1 aromatic heterocycles. The van der Waals surface area contributed by atoms with Gasteiger partial charge in [0.15, 0.2) is 0 Å². The van der Waals surface area contributed by atoms with Crippen LogP contribution in [0.15, 0.2) is 4.79 Å². The van der Waals surface area contributed by atoms with Gasteiger partial charge in [0.05, 0.1) is 11.9 Å². The van der Waals surface area contributed by atoms with E-state index in [0.717, 1.165) is 17.0 Å². The van der Waals surface area contributed by atoms with Crippen LogP contribution < -0.4 is 4.87 Å². The fourth-order valence-electron chi connectivity index (χ4n) is 0.639. The van der Waals surface area contributed by atoms with Crippen molar-refractivity contribution in [3.63, 3.8) is 0 Å². The Kier molecular flexibility index (Phi) is 1.93. The van der Waals surface area contributed by atoms with E-state index in [4.69, 9.17) is 6.42 Å². The molecule has 1 aromatic rings. The van der Waals surface area contributed by atoms with E-state index in [1.54, 1.807) is 0 Å². The van der Waals surface area contributed by atoms with Gasteiger partial charge in [-0.3, -0.25) is 9.36 Å². The van der Waals surface area contributed by atoms with Crippen LogP contribution in [0.1, 0.15) is 5.69 Å². The van der Waals surface area contributed by atoms with E-state index in [2.05, 4.69) is 11.3 Å². The Morgan fingerprint density at radius 3 is 3.00 bits per heavy atom. The topological polar surface area (TPSA) is 22.0 Å². The van der Waals surface area contributed by atoms with Crippen molar-refractivity contribution in [3.8, 4) is 12.3 Å². The van der Waals surface area contributed by atoms with Crippen LogP contribution in [0.25, 0.3) is 0 Å². The highest BCUT2D eigenvalue weighted by atomic mass is 32.1. The van der Waals surface area contributed by atoms with E-state index in [-0.39, 0.29) is 4.87 Å². The predicted octanol–water partition coefficient (Wildman–Crippen LogP) is 0.652. The van der Waals surface area contributed by atoms with E-state index < -0.39 is 0 Å². The van der Waals surface area contributed by atoms with Crippen LogP contribution in [0, 0.1) is 24.6 Å². The first-order chi connectivity index (χ1) is 4.75. The molecular formula is C7H6NOS. The van der Waals surface area contributed by atoms with Crippen LogP contribution in [0.4, 0.5) is 0 Å². The Morgan fingerprint density at radius 1 is 1.90 bits per heavy atom. The van der Waals surface area contributed by atoms with Gasteiger partial charge in [-0.2, -0.15) is 0 Å². The SMILES string of the molecule is C#CCn1c(C)[c]sc1=O. The first kappa shape index (κ1) is 7.10. The minimum atomic E-state index is -0.0320. The Hall–Kier alpha value is -1.01. The number of rotatable bonds is 1. The third-order valence-electron chi connectivity index (χ3n) is 1.16. The molecule has 0 spiro atoms. The first-order valence-electron chi connectivity index (χ1n) is 2.77. The van der Waals surface area contributed by atoms with E-state index in [9.17, 15) is 4.79 Å². The first-order valence-corrected chi connectivity index (χ1v) is 3.58. The maximum absolute atomic E-state index is 10.9. The Bertz CT molecular complexity index is 315. The summed E-state index contributed by atoms with van der Waals surface area (Å²) in [5, 5.41) is 2.82. The van der Waals surface area contributed by atoms with Crippen LogP contribution in [0.5, 0.6) is 0 Å². The molecule has 0 saturated carbocycles. The second kappa shape index (κ2) is 2.72. The molecule has 1 heterocycles. The molecule has 0 aliphatic heterocycles. The molecule has 0 aliphatic rings. The molecule has 1 radical (unpaired) electrons. The van der Waals surface area contributed by atoms with Gasteiger partial charge in [-0.15, -0.1) is 6.42 Å². The van der Waals surface area contributed by atoms with Gasteiger partial charge in [-0.1, -0.05) is 17.3 Å². The standard InChI is InChI=1S/C7H6NOS/c1-3-4-8-6(2)5-10-7(8)9/h1H,4H2,2H3. The fraction of sp³-hybridized carbons (Fsp3) is 0.286. The average Bonchev–Trinajstić information content (AvgIpc) is 2.20. The lowest BCUT2D eigenvalue weighted by molar-refractivity contribution is 0.790. The van der Waals surface area contributed by atoms with Crippen molar-refractivity contribution in [2.75, 3.05) is 0 Å². The molecule has 0 unspecified atom stereocenters. The lowest BCUT2D eigenvalue weighted by atomic mass is 10.5. The number of hydrogen-bond donors (Lipinski definition) is 0. The van der Waals surface area contributed by atoms with Gasteiger partial charge >= 0.3 is 4.87 Å². The Morgan fingerprint density at radius 2 is 2.60 bits per heavy atom. The highest BCUT2D eigenvalue weighted by Crippen LogP contribution is 1.96. The largest absolute Gasteiger partial charge is 0.308 e.